The number of aromatic nitrogens is 2. The topological polar surface area (TPSA) is 112 Å². The van der Waals surface area contributed by atoms with E-state index in [1.54, 1.807) is 4.68 Å². The highest BCUT2D eigenvalue weighted by atomic mass is 32.2. The Morgan fingerprint density at radius 1 is 1.41 bits per heavy atom. The Morgan fingerprint density at radius 3 is 3.04 bits per heavy atom. The number of fused-ring (bicyclic) bond motifs is 2. The van der Waals surface area contributed by atoms with Crippen LogP contribution in [0.2, 0.25) is 0 Å². The van der Waals surface area contributed by atoms with Crippen molar-refractivity contribution in [3.05, 3.63) is 35.5 Å². The molecular weight excluding hydrogens is 366 g/mol. The van der Waals surface area contributed by atoms with Gasteiger partial charge in [-0.25, -0.2) is 18.8 Å². The summed E-state index contributed by atoms with van der Waals surface area (Å²) in [6.07, 6.45) is 4.34. The molecule has 1 atom stereocenters. The van der Waals surface area contributed by atoms with Crippen LogP contribution >= 0.6 is 0 Å². The van der Waals surface area contributed by atoms with Gasteiger partial charge in [-0.05, 0) is 36.5 Å². The quantitative estimate of drug-likeness (QED) is 0.822. The van der Waals surface area contributed by atoms with Gasteiger partial charge in [0.1, 0.15) is 4.90 Å². The van der Waals surface area contributed by atoms with Gasteiger partial charge < -0.3 is 10.1 Å². The molecule has 0 unspecified atom stereocenters. The minimum Gasteiger partial charge on any atom is -0.476 e. The maximum absolute atomic E-state index is 12.9. The summed E-state index contributed by atoms with van der Waals surface area (Å²) in [5, 5.41) is 12.8. The van der Waals surface area contributed by atoms with Crippen molar-refractivity contribution in [3.63, 3.8) is 0 Å². The molecule has 1 aliphatic heterocycles. The molecule has 3 N–H and O–H groups in total. The predicted octanol–water partition coefficient (Wildman–Crippen LogP) is 2.72. The van der Waals surface area contributed by atoms with Crippen molar-refractivity contribution >= 4 is 21.6 Å². The zero-order chi connectivity index (χ0) is 19.2. The summed E-state index contributed by atoms with van der Waals surface area (Å²) in [4.78, 5) is 12.5. The lowest BCUT2D eigenvalue weighted by Crippen LogP contribution is -2.33. The summed E-state index contributed by atoms with van der Waals surface area (Å²) < 4.78 is 24.0. The number of urea groups is 1. The van der Waals surface area contributed by atoms with Crippen LogP contribution in [0.3, 0.4) is 0 Å². The molecule has 1 aromatic heterocycles. The highest BCUT2D eigenvalue weighted by molar-refractivity contribution is 7.91. The van der Waals surface area contributed by atoms with Crippen molar-refractivity contribution in [2.24, 2.45) is 14.9 Å². The van der Waals surface area contributed by atoms with E-state index in [9.17, 15) is 9.00 Å². The lowest BCUT2D eigenvalue weighted by atomic mass is 9.94. The number of benzene rings is 1. The van der Waals surface area contributed by atoms with E-state index >= 15 is 0 Å². The van der Waals surface area contributed by atoms with Crippen LogP contribution in [0.15, 0.2) is 33.7 Å². The Balaban J connectivity index is 1.60. The third kappa shape index (κ3) is 3.44. The normalized spacial score (nSPS) is 19.4. The first-order chi connectivity index (χ1) is 12.8. The first-order valence-electron chi connectivity index (χ1n) is 8.90. The maximum Gasteiger partial charge on any atom is 0.354 e. The molecule has 0 fully saturated rings. The number of rotatable bonds is 2. The molecule has 144 valence electrons. The summed E-state index contributed by atoms with van der Waals surface area (Å²) in [5.74, 6) is 0.318. The summed E-state index contributed by atoms with van der Waals surface area (Å²) in [6, 6.07) is 5.03. The van der Waals surface area contributed by atoms with Crippen molar-refractivity contribution in [2.75, 3.05) is 11.9 Å². The van der Waals surface area contributed by atoms with E-state index in [4.69, 9.17) is 9.88 Å². The van der Waals surface area contributed by atoms with Crippen molar-refractivity contribution in [1.82, 2.24) is 9.78 Å². The minimum absolute atomic E-state index is 0.0893. The average Bonchev–Trinajstić information content (AvgIpc) is 3.20. The van der Waals surface area contributed by atoms with Gasteiger partial charge in [0.15, 0.2) is 9.92 Å². The standard InChI is InChI=1S/C18H23N5O3S/c1-18(2)10-23-16(26-11-18)15(9-20-23)27(19,25)22-17(24)21-14-8-4-6-12-5-3-7-13(12)14/h4,6,8-9H,3,5,7,10-11H2,1-2H3,(H3,19,21,22,24,25)/t27-/m1/s1. The molecule has 4 rings (SSSR count). The molecule has 0 saturated heterocycles. The van der Waals surface area contributed by atoms with Crippen molar-refractivity contribution in [2.45, 2.75) is 44.6 Å². The lowest BCUT2D eigenvalue weighted by molar-refractivity contribution is 0.0972. The summed E-state index contributed by atoms with van der Waals surface area (Å²) in [6.45, 7) is 5.16. The minimum atomic E-state index is -3.47. The van der Waals surface area contributed by atoms with Gasteiger partial charge in [0.2, 0.25) is 5.88 Å². The smallest absolute Gasteiger partial charge is 0.354 e. The van der Waals surface area contributed by atoms with Gasteiger partial charge >= 0.3 is 6.03 Å². The Morgan fingerprint density at radius 2 is 2.22 bits per heavy atom. The monoisotopic (exact) mass is 389 g/mol. The fourth-order valence-electron chi connectivity index (χ4n) is 3.58. The fourth-order valence-corrected chi connectivity index (χ4v) is 4.58. The Labute approximate surface area is 158 Å². The second-order valence-electron chi connectivity index (χ2n) is 7.81. The van der Waals surface area contributed by atoms with Gasteiger partial charge in [-0.3, -0.25) is 0 Å². The van der Waals surface area contributed by atoms with Gasteiger partial charge in [0.25, 0.3) is 0 Å². The largest absolute Gasteiger partial charge is 0.476 e. The molecule has 9 heteroatoms. The van der Waals surface area contributed by atoms with E-state index in [0.29, 0.717) is 24.7 Å². The molecule has 1 aromatic carbocycles. The number of nitrogens with two attached hydrogens (primary N) is 1. The number of hydrogen-bond acceptors (Lipinski definition) is 4. The molecular formula is C18H23N5O3S. The van der Waals surface area contributed by atoms with Crippen LogP contribution < -0.4 is 15.2 Å². The number of aryl methyl sites for hydroxylation is 1. The molecule has 0 bridgehead atoms. The molecule has 2 amide bonds. The highest BCUT2D eigenvalue weighted by Gasteiger charge is 2.32. The first kappa shape index (κ1) is 18.0. The van der Waals surface area contributed by atoms with E-state index in [1.807, 2.05) is 26.0 Å². The molecule has 8 nitrogen and oxygen atoms in total. The summed E-state index contributed by atoms with van der Waals surface area (Å²) in [7, 11) is -3.47. The van der Waals surface area contributed by atoms with E-state index in [0.717, 1.165) is 24.8 Å². The molecule has 0 saturated carbocycles. The molecule has 2 aliphatic rings. The second kappa shape index (κ2) is 6.35. The number of hydrogen-bond donors (Lipinski definition) is 2. The zero-order valence-corrected chi connectivity index (χ0v) is 16.2. The van der Waals surface area contributed by atoms with Gasteiger partial charge in [0.05, 0.1) is 19.3 Å². The fraction of sp³-hybridized carbons (Fsp3) is 0.444. The van der Waals surface area contributed by atoms with Crippen LogP contribution in [-0.4, -0.2) is 26.6 Å². The van der Waals surface area contributed by atoms with Crippen molar-refractivity contribution in [3.8, 4) is 5.88 Å². The van der Waals surface area contributed by atoms with Crippen LogP contribution in [0, 0.1) is 5.41 Å². The molecule has 0 radical (unpaired) electrons. The van der Waals surface area contributed by atoms with Gasteiger partial charge in [-0.1, -0.05) is 26.0 Å². The zero-order valence-electron chi connectivity index (χ0n) is 15.4. The van der Waals surface area contributed by atoms with E-state index in [-0.39, 0.29) is 10.3 Å². The van der Waals surface area contributed by atoms with Gasteiger partial charge in [-0.15, -0.1) is 4.36 Å². The number of amides is 2. The summed E-state index contributed by atoms with van der Waals surface area (Å²) >= 11 is 0. The van der Waals surface area contributed by atoms with Crippen LogP contribution in [0.5, 0.6) is 5.88 Å². The molecule has 0 spiro atoms. The highest BCUT2D eigenvalue weighted by Crippen LogP contribution is 2.33. The van der Waals surface area contributed by atoms with Crippen LogP contribution in [-0.2, 0) is 29.3 Å². The Bertz CT molecular complexity index is 1030. The molecule has 2 heterocycles. The predicted molar refractivity (Wildman–Crippen MR) is 102 cm³/mol. The number of anilines is 1. The number of carbonyl (C=O) groups excluding carboxylic acids is 1. The number of ether oxygens (including phenoxy) is 1. The van der Waals surface area contributed by atoms with Gasteiger partial charge in [0, 0.05) is 11.1 Å². The number of nitrogens with zero attached hydrogens (tertiary/aromatic N) is 3. The number of nitrogens with one attached hydrogen (secondary N) is 1. The van der Waals surface area contributed by atoms with E-state index in [1.165, 1.54) is 11.8 Å². The maximum atomic E-state index is 12.9. The molecule has 2 aromatic rings. The SMILES string of the molecule is CC1(C)COc2c([S@](N)(=O)=NC(=O)Nc3cccc4c3CCC4)cnn2C1. The Hall–Kier alpha value is -2.39. The molecule has 27 heavy (non-hydrogen) atoms. The third-order valence-corrected chi connectivity index (χ3v) is 6.21. The Kier molecular flexibility index (Phi) is 4.23. The first-order valence-corrected chi connectivity index (χ1v) is 10.5. The van der Waals surface area contributed by atoms with Gasteiger partial charge in [-0.2, -0.15) is 5.10 Å². The van der Waals surface area contributed by atoms with E-state index < -0.39 is 15.9 Å². The van der Waals surface area contributed by atoms with Crippen molar-refractivity contribution in [1.29, 1.82) is 0 Å². The number of carbonyl (C=O) groups is 1. The average molecular weight is 389 g/mol. The summed E-state index contributed by atoms with van der Waals surface area (Å²) in [5.41, 5.74) is 2.94. The second-order valence-corrected chi connectivity index (χ2v) is 9.57. The molecule has 1 aliphatic carbocycles. The third-order valence-electron chi connectivity index (χ3n) is 4.86. The van der Waals surface area contributed by atoms with Crippen molar-refractivity contribution < 1.29 is 13.7 Å². The van der Waals surface area contributed by atoms with Crippen LogP contribution in [0.4, 0.5) is 10.5 Å². The van der Waals surface area contributed by atoms with Crippen LogP contribution in [0.25, 0.3) is 0 Å². The van der Waals surface area contributed by atoms with Crippen LogP contribution in [0.1, 0.15) is 31.4 Å². The van der Waals surface area contributed by atoms with E-state index in [2.05, 4.69) is 20.8 Å². The lowest BCUT2D eigenvalue weighted by Gasteiger charge is -2.30.